The molecule has 1 aliphatic heterocycles. The number of hydrogen-bond acceptors (Lipinski definition) is 2. The molecule has 1 heterocycles. The first-order chi connectivity index (χ1) is 4.43. The summed E-state index contributed by atoms with van der Waals surface area (Å²) in [4.78, 5) is 0. The molecule has 0 aromatic carbocycles. The van der Waals surface area contributed by atoms with Gasteiger partial charge < -0.3 is 10.4 Å². The summed E-state index contributed by atoms with van der Waals surface area (Å²) in [7, 11) is 0. The van der Waals surface area contributed by atoms with Crippen LogP contribution in [0, 0.1) is 5.92 Å². The van der Waals surface area contributed by atoms with E-state index in [-0.39, 0.29) is 0 Å². The topological polar surface area (TPSA) is 32.3 Å². The number of aliphatic hydroxyl groups is 1. The number of nitrogens with one attached hydrogen (secondary N) is 1. The standard InChI is InChI=1S/C7H13NO/c9-5-3-7-2-1-4-8-6-7/h3,5,7-9H,1-2,4,6H2. The van der Waals surface area contributed by atoms with Gasteiger partial charge in [-0.15, -0.1) is 0 Å². The van der Waals surface area contributed by atoms with Gasteiger partial charge in [0, 0.05) is 6.54 Å². The van der Waals surface area contributed by atoms with Gasteiger partial charge in [-0.05, 0) is 31.4 Å². The zero-order valence-electron chi connectivity index (χ0n) is 5.51. The predicted molar refractivity (Wildman–Crippen MR) is 37.4 cm³/mol. The average Bonchev–Trinajstić information content (AvgIpc) is 1.91. The molecule has 2 nitrogen and oxygen atoms in total. The van der Waals surface area contributed by atoms with Crippen molar-refractivity contribution in [1.29, 1.82) is 0 Å². The van der Waals surface area contributed by atoms with Crippen LogP contribution in [0.2, 0.25) is 0 Å². The van der Waals surface area contributed by atoms with Crippen LogP contribution in [-0.4, -0.2) is 18.2 Å². The molecular weight excluding hydrogens is 114 g/mol. The highest BCUT2D eigenvalue weighted by molar-refractivity contribution is 4.85. The van der Waals surface area contributed by atoms with E-state index in [0.717, 1.165) is 19.4 Å². The van der Waals surface area contributed by atoms with E-state index < -0.39 is 0 Å². The van der Waals surface area contributed by atoms with E-state index >= 15 is 0 Å². The molecule has 1 unspecified atom stereocenters. The Bertz CT molecular complexity index is 95.1. The van der Waals surface area contributed by atoms with Gasteiger partial charge in [0.2, 0.25) is 0 Å². The van der Waals surface area contributed by atoms with Crippen LogP contribution in [0.15, 0.2) is 12.3 Å². The van der Waals surface area contributed by atoms with Crippen molar-refractivity contribution >= 4 is 0 Å². The lowest BCUT2D eigenvalue weighted by atomic mass is 10.0. The first-order valence-electron chi connectivity index (χ1n) is 3.45. The Morgan fingerprint density at radius 1 is 1.56 bits per heavy atom. The minimum Gasteiger partial charge on any atom is -0.516 e. The third-order valence-corrected chi connectivity index (χ3v) is 1.69. The van der Waals surface area contributed by atoms with Crippen molar-refractivity contribution < 1.29 is 5.11 Å². The van der Waals surface area contributed by atoms with Crippen molar-refractivity contribution in [2.24, 2.45) is 5.92 Å². The fourth-order valence-electron chi connectivity index (χ4n) is 1.16. The molecule has 1 rings (SSSR count). The maximum absolute atomic E-state index is 8.41. The minimum absolute atomic E-state index is 0.559. The molecular formula is C7H13NO. The molecule has 1 saturated heterocycles. The lowest BCUT2D eigenvalue weighted by molar-refractivity contribution is 0.417. The van der Waals surface area contributed by atoms with E-state index in [1.54, 1.807) is 0 Å². The van der Waals surface area contributed by atoms with Gasteiger partial charge in [-0.25, -0.2) is 0 Å². The van der Waals surface area contributed by atoms with Gasteiger partial charge in [-0.3, -0.25) is 0 Å². The SMILES string of the molecule is OC=CC1CCCNC1. The molecule has 0 spiro atoms. The van der Waals surface area contributed by atoms with E-state index in [2.05, 4.69) is 5.32 Å². The van der Waals surface area contributed by atoms with Crippen LogP contribution in [0.4, 0.5) is 0 Å². The normalized spacial score (nSPS) is 29.1. The quantitative estimate of drug-likeness (QED) is 0.516. The Kier molecular flexibility index (Phi) is 2.58. The highest BCUT2D eigenvalue weighted by Gasteiger charge is 2.08. The third kappa shape index (κ3) is 2.06. The molecule has 0 bridgehead atoms. The van der Waals surface area contributed by atoms with E-state index in [1.165, 1.54) is 12.8 Å². The van der Waals surface area contributed by atoms with Gasteiger partial charge in [0.1, 0.15) is 0 Å². The Labute approximate surface area is 55.6 Å². The van der Waals surface area contributed by atoms with Crippen LogP contribution in [0.1, 0.15) is 12.8 Å². The summed E-state index contributed by atoms with van der Waals surface area (Å²) in [6.07, 6.45) is 5.45. The molecule has 1 atom stereocenters. The van der Waals surface area contributed by atoms with Gasteiger partial charge in [0.05, 0.1) is 6.26 Å². The van der Waals surface area contributed by atoms with Gasteiger partial charge in [0.25, 0.3) is 0 Å². The molecule has 0 radical (unpaired) electrons. The van der Waals surface area contributed by atoms with E-state index in [9.17, 15) is 0 Å². The fourth-order valence-corrected chi connectivity index (χ4v) is 1.16. The second-order valence-electron chi connectivity index (χ2n) is 2.45. The van der Waals surface area contributed by atoms with Crippen LogP contribution in [0.25, 0.3) is 0 Å². The molecule has 0 aromatic rings. The minimum atomic E-state index is 0.559. The van der Waals surface area contributed by atoms with Crippen LogP contribution in [0.3, 0.4) is 0 Å². The zero-order chi connectivity index (χ0) is 6.53. The number of piperidine rings is 1. The fraction of sp³-hybridized carbons (Fsp3) is 0.714. The lowest BCUT2D eigenvalue weighted by Gasteiger charge is -2.18. The predicted octanol–water partition coefficient (Wildman–Crippen LogP) is 1.06. The second-order valence-corrected chi connectivity index (χ2v) is 2.45. The molecule has 52 valence electrons. The molecule has 9 heavy (non-hydrogen) atoms. The summed E-state index contributed by atoms with van der Waals surface area (Å²) < 4.78 is 0. The lowest BCUT2D eigenvalue weighted by Crippen LogP contribution is -2.28. The van der Waals surface area contributed by atoms with Crippen molar-refractivity contribution in [1.82, 2.24) is 5.32 Å². The van der Waals surface area contributed by atoms with E-state index in [4.69, 9.17) is 5.11 Å². The highest BCUT2D eigenvalue weighted by Crippen LogP contribution is 2.09. The Morgan fingerprint density at radius 2 is 2.44 bits per heavy atom. The molecule has 0 aliphatic carbocycles. The van der Waals surface area contributed by atoms with Gasteiger partial charge in [-0.2, -0.15) is 0 Å². The third-order valence-electron chi connectivity index (χ3n) is 1.69. The average molecular weight is 127 g/mol. The van der Waals surface area contributed by atoms with E-state index in [1.807, 2.05) is 6.08 Å². The summed E-state index contributed by atoms with van der Waals surface area (Å²) in [5.74, 6) is 0.559. The summed E-state index contributed by atoms with van der Waals surface area (Å²) >= 11 is 0. The van der Waals surface area contributed by atoms with E-state index in [0.29, 0.717) is 5.92 Å². The molecule has 2 N–H and O–H groups in total. The summed E-state index contributed by atoms with van der Waals surface area (Å²) in [5, 5.41) is 11.7. The maximum Gasteiger partial charge on any atom is 0.0755 e. The van der Waals surface area contributed by atoms with Crippen LogP contribution < -0.4 is 5.32 Å². The van der Waals surface area contributed by atoms with Gasteiger partial charge in [0.15, 0.2) is 0 Å². The van der Waals surface area contributed by atoms with Crippen LogP contribution in [0.5, 0.6) is 0 Å². The Hall–Kier alpha value is -0.500. The molecule has 0 aromatic heterocycles. The first-order valence-corrected chi connectivity index (χ1v) is 3.45. The van der Waals surface area contributed by atoms with Gasteiger partial charge >= 0.3 is 0 Å². The van der Waals surface area contributed by atoms with Crippen molar-refractivity contribution in [3.63, 3.8) is 0 Å². The first kappa shape index (κ1) is 6.62. The summed E-state index contributed by atoms with van der Waals surface area (Å²) in [5.41, 5.74) is 0. The number of rotatable bonds is 1. The second kappa shape index (κ2) is 3.51. The van der Waals surface area contributed by atoms with Crippen molar-refractivity contribution in [2.45, 2.75) is 12.8 Å². The molecule has 1 fully saturated rings. The highest BCUT2D eigenvalue weighted by atomic mass is 16.2. The molecule has 1 aliphatic rings. The number of aliphatic hydroxyl groups excluding tert-OH is 1. The van der Waals surface area contributed by atoms with Crippen molar-refractivity contribution in [3.05, 3.63) is 12.3 Å². The van der Waals surface area contributed by atoms with Crippen LogP contribution in [-0.2, 0) is 0 Å². The molecule has 0 saturated carbocycles. The number of hydrogen-bond donors (Lipinski definition) is 2. The van der Waals surface area contributed by atoms with Crippen molar-refractivity contribution in [2.75, 3.05) is 13.1 Å². The smallest absolute Gasteiger partial charge is 0.0755 e. The monoisotopic (exact) mass is 127 g/mol. The summed E-state index contributed by atoms with van der Waals surface area (Å²) in [6, 6.07) is 0. The molecule has 0 amide bonds. The molecule has 2 heteroatoms. The summed E-state index contributed by atoms with van der Waals surface area (Å²) in [6.45, 7) is 2.16. The Balaban J connectivity index is 2.23. The van der Waals surface area contributed by atoms with Gasteiger partial charge in [-0.1, -0.05) is 0 Å². The zero-order valence-corrected chi connectivity index (χ0v) is 5.51. The van der Waals surface area contributed by atoms with Crippen LogP contribution >= 0.6 is 0 Å². The maximum atomic E-state index is 8.41. The Morgan fingerprint density at radius 3 is 3.00 bits per heavy atom. The largest absolute Gasteiger partial charge is 0.516 e. The van der Waals surface area contributed by atoms with Crippen molar-refractivity contribution in [3.8, 4) is 0 Å².